The zero-order valence-corrected chi connectivity index (χ0v) is 10.4. The van der Waals surface area contributed by atoms with E-state index >= 15 is 0 Å². The summed E-state index contributed by atoms with van der Waals surface area (Å²) < 4.78 is 52.8. The van der Waals surface area contributed by atoms with Crippen LogP contribution in [-0.4, -0.2) is 21.3 Å². The van der Waals surface area contributed by atoms with Crippen molar-refractivity contribution in [1.82, 2.24) is 10.2 Å². The van der Waals surface area contributed by atoms with E-state index in [1.165, 1.54) is 0 Å². The number of carboxylic acid groups (broad SMARTS) is 1. The van der Waals surface area contributed by atoms with Gasteiger partial charge in [0.15, 0.2) is 23.3 Å². The van der Waals surface area contributed by atoms with E-state index in [4.69, 9.17) is 5.11 Å². The maximum atomic E-state index is 13.6. The second kappa shape index (κ2) is 4.65. The Morgan fingerprint density at radius 1 is 1.16 bits per heavy atom. The van der Waals surface area contributed by atoms with Gasteiger partial charge in [0.05, 0.1) is 15.7 Å². The highest BCUT2D eigenvalue weighted by molar-refractivity contribution is 9.10. The molecule has 0 radical (unpaired) electrons. The molecule has 9 heteroatoms. The number of rotatable bonds is 2. The Labute approximate surface area is 111 Å². The molecule has 1 heterocycles. The normalized spacial score (nSPS) is 10.8. The fourth-order valence-electron chi connectivity index (χ4n) is 1.39. The number of halogens is 5. The molecule has 19 heavy (non-hydrogen) atoms. The molecule has 0 saturated carbocycles. The zero-order chi connectivity index (χ0) is 14.3. The lowest BCUT2D eigenvalue weighted by Gasteiger charge is -2.06. The number of hydrogen-bond acceptors (Lipinski definition) is 2. The second-order valence-corrected chi connectivity index (χ2v) is 4.21. The summed E-state index contributed by atoms with van der Waals surface area (Å²) >= 11 is 2.36. The van der Waals surface area contributed by atoms with E-state index in [2.05, 4.69) is 21.0 Å². The van der Waals surface area contributed by atoms with Crippen molar-refractivity contribution in [2.75, 3.05) is 0 Å². The number of H-pyrrole nitrogens is 1. The Morgan fingerprint density at radius 3 is 2.11 bits per heavy atom. The first-order valence-electron chi connectivity index (χ1n) is 4.65. The number of benzene rings is 1. The monoisotopic (exact) mass is 338 g/mol. The molecule has 4 nitrogen and oxygen atoms in total. The minimum absolute atomic E-state index is 0.475. The molecule has 0 amide bonds. The van der Waals surface area contributed by atoms with Crippen molar-refractivity contribution in [1.29, 1.82) is 0 Å². The summed E-state index contributed by atoms with van der Waals surface area (Å²) in [5.41, 5.74) is -2.11. The third-order valence-electron chi connectivity index (χ3n) is 2.27. The number of carbonyl (C=O) groups is 1. The summed E-state index contributed by atoms with van der Waals surface area (Å²) in [6.45, 7) is 0. The highest BCUT2D eigenvalue weighted by Crippen LogP contribution is 2.33. The summed E-state index contributed by atoms with van der Waals surface area (Å²) in [5, 5.41) is 13.9. The molecule has 0 aliphatic carbocycles. The van der Waals surface area contributed by atoms with Crippen molar-refractivity contribution in [2.24, 2.45) is 0 Å². The van der Waals surface area contributed by atoms with Crippen molar-refractivity contribution in [3.63, 3.8) is 0 Å². The summed E-state index contributed by atoms with van der Waals surface area (Å²) in [7, 11) is 0. The van der Waals surface area contributed by atoms with Crippen LogP contribution in [0.5, 0.6) is 0 Å². The molecule has 0 bridgehead atoms. The highest BCUT2D eigenvalue weighted by atomic mass is 79.9. The van der Waals surface area contributed by atoms with Gasteiger partial charge in [0.25, 0.3) is 0 Å². The summed E-state index contributed by atoms with van der Waals surface area (Å²) in [5.74, 6) is -8.04. The summed E-state index contributed by atoms with van der Waals surface area (Å²) in [6, 6.07) is 0.761. The maximum absolute atomic E-state index is 13.6. The lowest BCUT2D eigenvalue weighted by atomic mass is 10.1. The number of aromatic amines is 1. The number of carboxylic acids is 1. The van der Waals surface area contributed by atoms with Gasteiger partial charge in [-0.1, -0.05) is 0 Å². The Kier molecular flexibility index (Phi) is 3.31. The quantitative estimate of drug-likeness (QED) is 0.502. The topological polar surface area (TPSA) is 66.0 Å². The molecule has 2 N–H and O–H groups in total. The zero-order valence-electron chi connectivity index (χ0n) is 8.77. The van der Waals surface area contributed by atoms with E-state index in [0.29, 0.717) is 0 Å². The van der Waals surface area contributed by atoms with Gasteiger partial charge in [0.2, 0.25) is 0 Å². The Bertz CT molecular complexity index is 657. The SMILES string of the molecule is O=C(O)c1cc(-c2c(F)c(F)c(Br)c(F)c2F)n[nH]1. The molecule has 1 aromatic carbocycles. The first-order chi connectivity index (χ1) is 8.84. The van der Waals surface area contributed by atoms with Crippen LogP contribution in [0.3, 0.4) is 0 Å². The number of aromatic carboxylic acids is 1. The standard InChI is InChI=1S/C10H3BrF4N2O2/c11-5-8(14)6(12)4(7(13)9(5)15)2-1-3(10(18)19)17-16-2/h1H,(H,16,17)(H,18,19). The largest absolute Gasteiger partial charge is 0.477 e. The van der Waals surface area contributed by atoms with E-state index in [1.54, 1.807) is 0 Å². The first-order valence-corrected chi connectivity index (χ1v) is 5.44. The first kappa shape index (κ1) is 13.5. The Hall–Kier alpha value is -1.90. The smallest absolute Gasteiger partial charge is 0.353 e. The molecular formula is C10H3BrF4N2O2. The van der Waals surface area contributed by atoms with Crippen LogP contribution in [0.25, 0.3) is 11.3 Å². The van der Waals surface area contributed by atoms with Gasteiger partial charge in [-0.15, -0.1) is 0 Å². The summed E-state index contributed by atoms with van der Waals surface area (Å²) in [4.78, 5) is 10.6. The fourth-order valence-corrected chi connectivity index (χ4v) is 1.74. The van der Waals surface area contributed by atoms with Gasteiger partial charge >= 0.3 is 5.97 Å². The molecule has 0 unspecified atom stereocenters. The minimum Gasteiger partial charge on any atom is -0.477 e. The second-order valence-electron chi connectivity index (χ2n) is 3.42. The van der Waals surface area contributed by atoms with Crippen LogP contribution in [0, 0.1) is 23.3 Å². The van der Waals surface area contributed by atoms with E-state index < -0.39 is 50.7 Å². The number of hydrogen-bond donors (Lipinski definition) is 2. The molecule has 0 saturated heterocycles. The van der Waals surface area contributed by atoms with Gasteiger partial charge in [-0.05, 0) is 22.0 Å². The van der Waals surface area contributed by atoms with E-state index in [1.807, 2.05) is 5.10 Å². The molecule has 1 aromatic heterocycles. The van der Waals surface area contributed by atoms with Crippen LogP contribution in [0.15, 0.2) is 10.5 Å². The van der Waals surface area contributed by atoms with Gasteiger partial charge < -0.3 is 5.11 Å². The van der Waals surface area contributed by atoms with Crippen molar-refractivity contribution in [2.45, 2.75) is 0 Å². The molecule has 2 aromatic rings. The molecule has 100 valence electrons. The minimum atomic E-state index is -1.67. The predicted molar refractivity (Wildman–Crippen MR) is 58.5 cm³/mol. The third kappa shape index (κ3) is 2.09. The number of nitrogens with zero attached hydrogens (tertiary/aromatic N) is 1. The van der Waals surface area contributed by atoms with Gasteiger partial charge in [0, 0.05) is 0 Å². The van der Waals surface area contributed by atoms with E-state index in [9.17, 15) is 22.4 Å². The number of aromatic nitrogens is 2. The van der Waals surface area contributed by atoms with Gasteiger partial charge in [-0.3, -0.25) is 5.10 Å². The van der Waals surface area contributed by atoms with Crippen LogP contribution in [0.2, 0.25) is 0 Å². The van der Waals surface area contributed by atoms with Crippen LogP contribution >= 0.6 is 15.9 Å². The lowest BCUT2D eigenvalue weighted by molar-refractivity contribution is 0.0690. The average Bonchev–Trinajstić information content (AvgIpc) is 2.84. The Morgan fingerprint density at radius 2 is 1.68 bits per heavy atom. The van der Waals surface area contributed by atoms with E-state index in [-0.39, 0.29) is 0 Å². The molecule has 0 aliphatic heterocycles. The van der Waals surface area contributed by atoms with Crippen molar-refractivity contribution in [3.8, 4) is 11.3 Å². The fraction of sp³-hybridized carbons (Fsp3) is 0. The maximum Gasteiger partial charge on any atom is 0.353 e. The lowest BCUT2D eigenvalue weighted by Crippen LogP contribution is -2.01. The molecule has 0 atom stereocenters. The van der Waals surface area contributed by atoms with Crippen molar-refractivity contribution >= 4 is 21.9 Å². The van der Waals surface area contributed by atoms with Gasteiger partial charge in [0.1, 0.15) is 5.69 Å². The average molecular weight is 339 g/mol. The highest BCUT2D eigenvalue weighted by Gasteiger charge is 2.26. The third-order valence-corrected chi connectivity index (χ3v) is 2.97. The van der Waals surface area contributed by atoms with Crippen molar-refractivity contribution in [3.05, 3.63) is 39.5 Å². The van der Waals surface area contributed by atoms with Crippen LogP contribution in [0.4, 0.5) is 17.6 Å². The number of nitrogens with one attached hydrogen (secondary N) is 1. The Balaban J connectivity index is 2.71. The van der Waals surface area contributed by atoms with Crippen LogP contribution in [-0.2, 0) is 0 Å². The molecule has 0 fully saturated rings. The molecule has 0 aliphatic rings. The summed E-state index contributed by atoms with van der Waals surface area (Å²) in [6.07, 6.45) is 0. The van der Waals surface area contributed by atoms with Crippen LogP contribution in [0.1, 0.15) is 10.5 Å². The van der Waals surface area contributed by atoms with Gasteiger partial charge in [-0.2, -0.15) is 5.10 Å². The predicted octanol–water partition coefficient (Wildman–Crippen LogP) is 3.09. The van der Waals surface area contributed by atoms with E-state index in [0.717, 1.165) is 6.07 Å². The van der Waals surface area contributed by atoms with Gasteiger partial charge in [-0.25, -0.2) is 22.4 Å². The molecule has 2 rings (SSSR count). The molecule has 0 spiro atoms. The van der Waals surface area contributed by atoms with Crippen molar-refractivity contribution < 1.29 is 27.5 Å². The molecular weight excluding hydrogens is 336 g/mol. The van der Waals surface area contributed by atoms with Crippen LogP contribution < -0.4 is 0 Å².